The van der Waals surface area contributed by atoms with Gasteiger partial charge in [-0.3, -0.25) is 18.0 Å². The van der Waals surface area contributed by atoms with E-state index in [2.05, 4.69) is 9.58 Å². The summed E-state index contributed by atoms with van der Waals surface area (Å²) >= 11 is 0. The van der Waals surface area contributed by atoms with Crippen molar-refractivity contribution >= 4 is 55.4 Å². The standard InChI is InChI=1S/C29H28N4O10S2/c1-17(41-15-19(3)43-45(38,39)27-9-5-7-23-21(27)11-13-25(33-31)29(23)35)14-40-18(2)16-42-44(36,37)26-8-4-6-22-20(26)10-12-24(32-30)28(22)34/h4-13,17-19H,14-16H2,1-3H3. The molecule has 0 aromatic heterocycles. The maximum atomic E-state index is 13.0. The smallest absolute Gasteiger partial charge is 0.362 e. The number of rotatable bonds is 13. The highest BCUT2D eigenvalue weighted by atomic mass is 32.2. The van der Waals surface area contributed by atoms with Crippen molar-refractivity contribution in [3.8, 4) is 0 Å². The molecule has 0 heterocycles. The van der Waals surface area contributed by atoms with Crippen LogP contribution in [0.1, 0.15) is 52.6 Å². The lowest BCUT2D eigenvalue weighted by molar-refractivity contribution is -0.0558. The van der Waals surface area contributed by atoms with Crippen molar-refractivity contribution in [2.24, 2.45) is 0 Å². The number of benzene rings is 2. The summed E-state index contributed by atoms with van der Waals surface area (Å²) in [4.78, 5) is 30.1. The van der Waals surface area contributed by atoms with Crippen molar-refractivity contribution in [1.82, 2.24) is 0 Å². The van der Waals surface area contributed by atoms with Crippen LogP contribution < -0.4 is 0 Å². The molecule has 2 aliphatic rings. The van der Waals surface area contributed by atoms with Crippen molar-refractivity contribution in [3.63, 3.8) is 0 Å². The van der Waals surface area contributed by atoms with Gasteiger partial charge in [-0.1, -0.05) is 24.3 Å². The predicted molar refractivity (Wildman–Crippen MR) is 159 cm³/mol. The number of hydrogen-bond acceptors (Lipinski definition) is 10. The van der Waals surface area contributed by atoms with Gasteiger partial charge in [0.25, 0.3) is 31.8 Å². The molecule has 16 heteroatoms. The number of ketones is 2. The van der Waals surface area contributed by atoms with E-state index in [4.69, 9.17) is 28.9 Å². The number of nitrogens with zero attached hydrogens (tertiary/aromatic N) is 4. The second-order valence-corrected chi connectivity index (χ2v) is 13.2. The third kappa shape index (κ3) is 7.53. The number of hydrogen-bond donors (Lipinski definition) is 0. The van der Waals surface area contributed by atoms with Crippen molar-refractivity contribution in [3.05, 3.63) is 81.9 Å². The van der Waals surface area contributed by atoms with Crippen molar-refractivity contribution in [2.45, 2.75) is 48.9 Å². The molecule has 236 valence electrons. The first-order valence-corrected chi connectivity index (χ1v) is 16.3. The van der Waals surface area contributed by atoms with Crippen LogP contribution in [0.25, 0.3) is 23.2 Å². The Kier molecular flexibility index (Phi) is 10.3. The van der Waals surface area contributed by atoms with Crippen LogP contribution >= 0.6 is 0 Å². The molecule has 14 nitrogen and oxygen atoms in total. The largest absolute Gasteiger partial charge is 0.373 e. The van der Waals surface area contributed by atoms with Crippen LogP contribution in [-0.2, 0) is 38.1 Å². The van der Waals surface area contributed by atoms with Crippen LogP contribution in [-0.4, -0.2) is 87.5 Å². The monoisotopic (exact) mass is 656 g/mol. The zero-order valence-corrected chi connectivity index (χ0v) is 25.9. The molecule has 0 radical (unpaired) electrons. The van der Waals surface area contributed by atoms with Crippen LogP contribution in [0.2, 0.25) is 0 Å². The van der Waals surface area contributed by atoms with Crippen LogP contribution in [0.15, 0.2) is 58.3 Å². The summed E-state index contributed by atoms with van der Waals surface area (Å²) in [5.41, 5.74) is 17.8. The summed E-state index contributed by atoms with van der Waals surface area (Å²) < 4.78 is 73.5. The molecule has 0 bridgehead atoms. The SMILES string of the molecule is CC(COC(C)COS(=O)(=O)c1cccc2c1C=CC(=[N+]=[N-])C2=O)OCC(C)OS(=O)(=O)c1cccc2c1C=CC(=[N+]=[N-])C2=O. The normalized spacial score (nSPS) is 16.4. The second kappa shape index (κ2) is 13.8. The summed E-state index contributed by atoms with van der Waals surface area (Å²) in [6, 6.07) is 8.18. The van der Waals surface area contributed by atoms with Crippen LogP contribution in [0, 0.1) is 0 Å². The molecule has 0 amide bonds. The lowest BCUT2D eigenvalue weighted by Gasteiger charge is -2.20. The summed E-state index contributed by atoms with van der Waals surface area (Å²) in [7, 11) is -8.60. The lowest BCUT2D eigenvalue weighted by Crippen LogP contribution is -2.28. The van der Waals surface area contributed by atoms with E-state index in [9.17, 15) is 26.4 Å². The van der Waals surface area contributed by atoms with Crippen molar-refractivity contribution in [2.75, 3.05) is 19.8 Å². The molecule has 0 fully saturated rings. The van der Waals surface area contributed by atoms with E-state index in [0.29, 0.717) is 0 Å². The van der Waals surface area contributed by atoms with E-state index in [1.165, 1.54) is 67.6 Å². The van der Waals surface area contributed by atoms with Gasteiger partial charge in [0.15, 0.2) is 0 Å². The predicted octanol–water partition coefficient (Wildman–Crippen LogP) is 2.76. The number of carbonyl (C=O) groups is 2. The summed E-state index contributed by atoms with van der Waals surface area (Å²) in [5, 5.41) is 0. The molecule has 0 spiro atoms. The summed E-state index contributed by atoms with van der Waals surface area (Å²) in [5.74, 6) is -1.26. The maximum absolute atomic E-state index is 13.0. The van der Waals surface area contributed by atoms with Gasteiger partial charge in [-0.2, -0.15) is 26.4 Å². The van der Waals surface area contributed by atoms with Gasteiger partial charge in [-0.05, 0) is 45.1 Å². The Bertz CT molecular complexity index is 1920. The highest BCUT2D eigenvalue weighted by Crippen LogP contribution is 2.28. The van der Waals surface area contributed by atoms with Crippen LogP contribution in [0.5, 0.6) is 0 Å². The van der Waals surface area contributed by atoms with Crippen molar-refractivity contribution < 1.29 is 53.8 Å². The van der Waals surface area contributed by atoms with Crippen LogP contribution in [0.4, 0.5) is 0 Å². The quantitative estimate of drug-likeness (QED) is 0.175. The number of ether oxygens (including phenoxy) is 2. The molecule has 2 aromatic carbocycles. The van der Waals surface area contributed by atoms with Gasteiger partial charge < -0.3 is 20.5 Å². The van der Waals surface area contributed by atoms with Crippen LogP contribution in [0.3, 0.4) is 0 Å². The topological polar surface area (TPSA) is 212 Å². The molecule has 0 N–H and O–H groups in total. The Balaban J connectivity index is 1.27. The Labute approximate surface area is 259 Å². The Hall–Kier alpha value is -4.24. The minimum Gasteiger partial charge on any atom is -0.373 e. The Morgan fingerprint density at radius 1 is 0.644 bits per heavy atom. The first-order chi connectivity index (χ1) is 21.3. The summed E-state index contributed by atoms with van der Waals surface area (Å²) in [6.45, 7) is 4.27. The Morgan fingerprint density at radius 2 is 1.09 bits per heavy atom. The average molecular weight is 657 g/mol. The highest BCUT2D eigenvalue weighted by molar-refractivity contribution is 7.87. The fourth-order valence-electron chi connectivity index (χ4n) is 4.41. The van der Waals surface area contributed by atoms with Gasteiger partial charge in [-0.15, -0.1) is 0 Å². The molecule has 2 aliphatic carbocycles. The zero-order chi connectivity index (χ0) is 32.9. The third-order valence-corrected chi connectivity index (χ3v) is 9.45. The first kappa shape index (κ1) is 33.6. The maximum Gasteiger partial charge on any atom is 0.362 e. The molecule has 3 unspecified atom stereocenters. The minimum atomic E-state index is -4.31. The van der Waals surface area contributed by atoms with Gasteiger partial charge in [-0.25, -0.2) is 0 Å². The lowest BCUT2D eigenvalue weighted by atomic mass is 9.95. The molecule has 4 rings (SSSR count). The fourth-order valence-corrected chi connectivity index (χ4v) is 6.89. The molecule has 3 atom stereocenters. The Morgan fingerprint density at radius 3 is 1.58 bits per heavy atom. The average Bonchev–Trinajstić information content (AvgIpc) is 3.01. The van der Waals surface area contributed by atoms with E-state index in [1.54, 1.807) is 13.8 Å². The van der Waals surface area contributed by atoms with E-state index < -0.39 is 50.1 Å². The number of fused-ring (bicyclic) bond motifs is 2. The number of carbonyl (C=O) groups excluding carboxylic acids is 2. The molecule has 45 heavy (non-hydrogen) atoms. The number of allylic oxidation sites excluding steroid dienone is 2. The fraction of sp³-hybridized carbons (Fsp3) is 0.310. The van der Waals surface area contributed by atoms with Gasteiger partial charge in [0, 0.05) is 34.4 Å². The van der Waals surface area contributed by atoms with E-state index in [1.807, 2.05) is 0 Å². The number of Topliss-reactive ketones (excluding diaryl/α,β-unsaturated/α-hetero) is 2. The molecule has 0 saturated carbocycles. The van der Waals surface area contributed by atoms with Gasteiger partial charge in [0.2, 0.25) is 0 Å². The summed E-state index contributed by atoms with van der Waals surface area (Å²) in [6.07, 6.45) is 2.96. The molecular formula is C29H28N4O10S2. The van der Waals surface area contributed by atoms with E-state index in [-0.39, 0.29) is 63.3 Å². The first-order valence-electron chi connectivity index (χ1n) is 13.5. The molecule has 0 saturated heterocycles. The van der Waals surface area contributed by atoms with Gasteiger partial charge in [0.05, 0.1) is 38.1 Å². The molecular weight excluding hydrogens is 628 g/mol. The van der Waals surface area contributed by atoms with Gasteiger partial charge >= 0.3 is 11.4 Å². The van der Waals surface area contributed by atoms with Gasteiger partial charge in [0.1, 0.15) is 9.79 Å². The van der Waals surface area contributed by atoms with E-state index >= 15 is 0 Å². The molecule has 2 aromatic rings. The third-order valence-electron chi connectivity index (χ3n) is 6.64. The van der Waals surface area contributed by atoms with Crippen molar-refractivity contribution in [1.29, 1.82) is 0 Å². The van der Waals surface area contributed by atoms with E-state index in [0.717, 1.165) is 0 Å². The molecule has 0 aliphatic heterocycles. The minimum absolute atomic E-state index is 0.0130. The highest BCUT2D eigenvalue weighted by Gasteiger charge is 2.32. The zero-order valence-electron chi connectivity index (χ0n) is 24.3. The second-order valence-electron chi connectivity index (χ2n) is 10.1.